The molecule has 0 aromatic rings. The molecule has 3 nitrogen and oxygen atoms in total. The Balaban J connectivity index is 2.64. The van der Waals surface area contributed by atoms with Gasteiger partial charge in [0.05, 0.1) is 6.61 Å². The fourth-order valence-electron chi connectivity index (χ4n) is 3.04. The van der Waals surface area contributed by atoms with Crippen molar-refractivity contribution in [2.24, 2.45) is 23.7 Å². The second kappa shape index (κ2) is 6.18. The summed E-state index contributed by atoms with van der Waals surface area (Å²) >= 11 is 0. The zero-order valence-electron chi connectivity index (χ0n) is 11.4. The molecule has 98 valence electrons. The molecule has 0 aromatic heterocycles. The molecule has 17 heavy (non-hydrogen) atoms. The van der Waals surface area contributed by atoms with Crippen molar-refractivity contribution in [3.8, 4) is 0 Å². The molecule has 0 amide bonds. The average Bonchev–Trinajstić information content (AvgIpc) is 2.24. The van der Waals surface area contributed by atoms with Crippen LogP contribution in [0.5, 0.6) is 0 Å². The van der Waals surface area contributed by atoms with E-state index in [9.17, 15) is 9.59 Å². The standard InChI is InChI=1S/C14H24O3/c1-5-12-6-9(2)7-13(16)14(12)10(3)8-17-11(4)15/h9-10,12,14H,5-8H2,1-4H3. The van der Waals surface area contributed by atoms with Crippen LogP contribution in [0.1, 0.15) is 47.0 Å². The van der Waals surface area contributed by atoms with Crippen LogP contribution in [0.15, 0.2) is 0 Å². The van der Waals surface area contributed by atoms with Crippen LogP contribution in [0.4, 0.5) is 0 Å². The van der Waals surface area contributed by atoms with E-state index in [1.165, 1.54) is 6.92 Å². The molecule has 4 atom stereocenters. The van der Waals surface area contributed by atoms with Crippen LogP contribution in [0, 0.1) is 23.7 Å². The number of carbonyl (C=O) groups is 2. The Hall–Kier alpha value is -0.860. The lowest BCUT2D eigenvalue weighted by atomic mass is 9.68. The summed E-state index contributed by atoms with van der Waals surface area (Å²) in [5.74, 6) is 1.28. The van der Waals surface area contributed by atoms with E-state index in [0.29, 0.717) is 30.6 Å². The van der Waals surface area contributed by atoms with Crippen molar-refractivity contribution in [2.45, 2.75) is 47.0 Å². The van der Waals surface area contributed by atoms with Gasteiger partial charge < -0.3 is 4.74 Å². The molecule has 1 fully saturated rings. The molecule has 1 saturated carbocycles. The predicted molar refractivity (Wildman–Crippen MR) is 66.5 cm³/mol. The van der Waals surface area contributed by atoms with E-state index in [1.807, 2.05) is 6.92 Å². The van der Waals surface area contributed by atoms with Crippen molar-refractivity contribution in [3.05, 3.63) is 0 Å². The van der Waals surface area contributed by atoms with Crippen molar-refractivity contribution in [1.82, 2.24) is 0 Å². The van der Waals surface area contributed by atoms with Crippen molar-refractivity contribution in [3.63, 3.8) is 0 Å². The fraction of sp³-hybridized carbons (Fsp3) is 0.857. The number of ether oxygens (including phenoxy) is 1. The zero-order valence-corrected chi connectivity index (χ0v) is 11.4. The summed E-state index contributed by atoms with van der Waals surface area (Å²) < 4.78 is 5.03. The molecule has 0 aliphatic heterocycles. The Morgan fingerprint density at radius 3 is 2.71 bits per heavy atom. The number of Topliss-reactive ketones (excluding diaryl/α,β-unsaturated/α-hetero) is 1. The molecule has 0 bridgehead atoms. The van der Waals surface area contributed by atoms with E-state index in [4.69, 9.17) is 4.74 Å². The number of hydrogen-bond acceptors (Lipinski definition) is 3. The average molecular weight is 240 g/mol. The Labute approximate surface area is 104 Å². The van der Waals surface area contributed by atoms with Gasteiger partial charge in [0.25, 0.3) is 0 Å². The second-order valence-electron chi connectivity index (χ2n) is 5.49. The van der Waals surface area contributed by atoms with Crippen LogP contribution >= 0.6 is 0 Å². The lowest BCUT2D eigenvalue weighted by molar-refractivity contribution is -0.145. The highest BCUT2D eigenvalue weighted by Crippen LogP contribution is 2.37. The Morgan fingerprint density at radius 2 is 2.18 bits per heavy atom. The first-order valence-corrected chi connectivity index (χ1v) is 6.61. The Morgan fingerprint density at radius 1 is 1.53 bits per heavy atom. The molecule has 0 N–H and O–H groups in total. The summed E-state index contributed by atoms with van der Waals surface area (Å²) in [4.78, 5) is 22.9. The molecule has 0 radical (unpaired) electrons. The van der Waals surface area contributed by atoms with Gasteiger partial charge in [0.15, 0.2) is 0 Å². The summed E-state index contributed by atoms with van der Waals surface area (Å²) in [7, 11) is 0. The third-order valence-electron chi connectivity index (χ3n) is 3.82. The highest BCUT2D eigenvalue weighted by Gasteiger charge is 2.37. The number of carbonyl (C=O) groups excluding carboxylic acids is 2. The van der Waals surface area contributed by atoms with Gasteiger partial charge in [-0.25, -0.2) is 0 Å². The molecule has 1 aliphatic carbocycles. The van der Waals surface area contributed by atoms with Crippen molar-refractivity contribution < 1.29 is 14.3 Å². The quantitative estimate of drug-likeness (QED) is 0.710. The third kappa shape index (κ3) is 3.83. The largest absolute Gasteiger partial charge is 0.466 e. The molecular formula is C14H24O3. The van der Waals surface area contributed by atoms with Crippen molar-refractivity contribution in [1.29, 1.82) is 0 Å². The maximum Gasteiger partial charge on any atom is 0.302 e. The van der Waals surface area contributed by atoms with Crippen LogP contribution in [-0.2, 0) is 14.3 Å². The number of esters is 1. The smallest absolute Gasteiger partial charge is 0.302 e. The zero-order chi connectivity index (χ0) is 13.0. The van der Waals surface area contributed by atoms with E-state index < -0.39 is 0 Å². The maximum atomic E-state index is 12.1. The first kappa shape index (κ1) is 14.2. The molecule has 3 heteroatoms. The van der Waals surface area contributed by atoms with Crippen LogP contribution in [0.25, 0.3) is 0 Å². The molecule has 1 aliphatic rings. The normalized spacial score (nSPS) is 31.1. The molecule has 0 spiro atoms. The van der Waals surface area contributed by atoms with Crippen LogP contribution in [0.3, 0.4) is 0 Å². The van der Waals surface area contributed by atoms with E-state index in [-0.39, 0.29) is 17.8 Å². The van der Waals surface area contributed by atoms with Crippen molar-refractivity contribution >= 4 is 11.8 Å². The molecule has 1 rings (SSSR count). The molecule has 0 aromatic carbocycles. The van der Waals surface area contributed by atoms with Gasteiger partial charge in [-0.3, -0.25) is 9.59 Å². The lowest BCUT2D eigenvalue weighted by Gasteiger charge is -2.36. The van der Waals surface area contributed by atoms with Crippen LogP contribution in [0.2, 0.25) is 0 Å². The van der Waals surface area contributed by atoms with E-state index in [2.05, 4.69) is 13.8 Å². The minimum Gasteiger partial charge on any atom is -0.466 e. The number of hydrogen-bond donors (Lipinski definition) is 0. The van der Waals surface area contributed by atoms with E-state index in [1.54, 1.807) is 0 Å². The summed E-state index contributed by atoms with van der Waals surface area (Å²) in [5, 5.41) is 0. The first-order chi connectivity index (χ1) is 7.95. The van der Waals surface area contributed by atoms with Gasteiger partial charge >= 0.3 is 5.97 Å². The molecule has 4 unspecified atom stereocenters. The van der Waals surface area contributed by atoms with Gasteiger partial charge in [0, 0.05) is 25.2 Å². The number of ketones is 1. The minimum atomic E-state index is -0.262. The topological polar surface area (TPSA) is 43.4 Å². The summed E-state index contributed by atoms with van der Waals surface area (Å²) in [6, 6.07) is 0. The lowest BCUT2D eigenvalue weighted by Crippen LogP contribution is -2.38. The second-order valence-corrected chi connectivity index (χ2v) is 5.49. The third-order valence-corrected chi connectivity index (χ3v) is 3.82. The van der Waals surface area contributed by atoms with Gasteiger partial charge in [-0.1, -0.05) is 27.2 Å². The summed E-state index contributed by atoms with van der Waals surface area (Å²) in [5.41, 5.74) is 0. The molecule has 0 heterocycles. The predicted octanol–water partition coefficient (Wildman–Crippen LogP) is 2.83. The fourth-order valence-corrected chi connectivity index (χ4v) is 3.04. The minimum absolute atomic E-state index is 0.0792. The Kier molecular flexibility index (Phi) is 5.16. The molecular weight excluding hydrogens is 216 g/mol. The highest BCUT2D eigenvalue weighted by atomic mass is 16.5. The van der Waals surface area contributed by atoms with Gasteiger partial charge in [-0.05, 0) is 18.3 Å². The monoisotopic (exact) mass is 240 g/mol. The highest BCUT2D eigenvalue weighted by molar-refractivity contribution is 5.82. The van der Waals surface area contributed by atoms with Gasteiger partial charge in [-0.2, -0.15) is 0 Å². The first-order valence-electron chi connectivity index (χ1n) is 6.61. The van der Waals surface area contributed by atoms with Gasteiger partial charge in [0.1, 0.15) is 5.78 Å². The number of rotatable bonds is 4. The van der Waals surface area contributed by atoms with Crippen molar-refractivity contribution in [2.75, 3.05) is 6.61 Å². The summed E-state index contributed by atoms with van der Waals surface area (Å²) in [6.45, 7) is 8.09. The van der Waals surface area contributed by atoms with Gasteiger partial charge in [-0.15, -0.1) is 0 Å². The van der Waals surface area contributed by atoms with Crippen LogP contribution < -0.4 is 0 Å². The summed E-state index contributed by atoms with van der Waals surface area (Å²) in [6.07, 6.45) is 2.84. The maximum absolute atomic E-state index is 12.1. The van der Waals surface area contributed by atoms with E-state index in [0.717, 1.165) is 12.8 Å². The van der Waals surface area contributed by atoms with E-state index >= 15 is 0 Å². The molecule has 0 saturated heterocycles. The van der Waals surface area contributed by atoms with Gasteiger partial charge in [0.2, 0.25) is 0 Å². The SMILES string of the molecule is CCC1CC(C)CC(=O)C1C(C)COC(C)=O. The van der Waals surface area contributed by atoms with Crippen LogP contribution in [-0.4, -0.2) is 18.4 Å². The Bertz CT molecular complexity index is 285.